The van der Waals surface area contributed by atoms with E-state index >= 15 is 0 Å². The number of rotatable bonds is 6. The van der Waals surface area contributed by atoms with Crippen LogP contribution in [0.5, 0.6) is 5.88 Å². The minimum Gasteiger partial charge on any atom is -0.473 e. The van der Waals surface area contributed by atoms with Gasteiger partial charge in [-0.3, -0.25) is 4.90 Å². The highest BCUT2D eigenvalue weighted by Crippen LogP contribution is 2.39. The molecule has 0 saturated carbocycles. The van der Waals surface area contributed by atoms with Gasteiger partial charge >= 0.3 is 0 Å². The summed E-state index contributed by atoms with van der Waals surface area (Å²) in [5, 5.41) is 6.32. The van der Waals surface area contributed by atoms with Crippen molar-refractivity contribution in [3.8, 4) is 28.3 Å². The Hall–Kier alpha value is -3.38. The van der Waals surface area contributed by atoms with E-state index in [4.69, 9.17) is 38.0 Å². The van der Waals surface area contributed by atoms with Crippen LogP contribution in [-0.2, 0) is 6.54 Å². The standard InChI is InChI=1S/C30H26Cl2N4O/c1-20-17-27(37-24-15-16-35(19-24)18-21-7-3-2-4-8-21)36-30(33-20)28(22-11-13-23(31)14-12-22)29(34-36)25-9-5-6-10-26(25)32/h2-14,17,24H,15-16,18-19H2,1H3. The molecular weight excluding hydrogens is 503 g/mol. The highest BCUT2D eigenvalue weighted by Gasteiger charge is 2.27. The van der Waals surface area contributed by atoms with E-state index in [-0.39, 0.29) is 6.10 Å². The lowest BCUT2D eigenvalue weighted by Gasteiger charge is -2.17. The Morgan fingerprint density at radius 3 is 2.49 bits per heavy atom. The largest absolute Gasteiger partial charge is 0.473 e. The first-order valence-electron chi connectivity index (χ1n) is 12.4. The van der Waals surface area contributed by atoms with Gasteiger partial charge in [0.15, 0.2) is 5.65 Å². The number of hydrogen-bond acceptors (Lipinski definition) is 4. The molecule has 1 saturated heterocycles. The topological polar surface area (TPSA) is 42.7 Å². The van der Waals surface area contributed by atoms with E-state index in [1.165, 1.54) is 5.56 Å². The molecule has 0 radical (unpaired) electrons. The summed E-state index contributed by atoms with van der Waals surface area (Å²) in [5.41, 5.74) is 6.37. The third-order valence-electron chi connectivity index (χ3n) is 6.71. The van der Waals surface area contributed by atoms with Gasteiger partial charge in [0.2, 0.25) is 5.88 Å². The maximum absolute atomic E-state index is 6.63. The number of aromatic nitrogens is 3. The molecule has 0 N–H and O–H groups in total. The molecule has 1 aliphatic rings. The van der Waals surface area contributed by atoms with E-state index < -0.39 is 0 Å². The number of fused-ring (bicyclic) bond motifs is 1. The number of likely N-dealkylation sites (tertiary alicyclic amines) is 1. The van der Waals surface area contributed by atoms with Crippen LogP contribution in [0.4, 0.5) is 0 Å². The van der Waals surface area contributed by atoms with Crippen molar-refractivity contribution in [2.24, 2.45) is 0 Å². The minimum atomic E-state index is 0.0701. The summed E-state index contributed by atoms with van der Waals surface area (Å²) in [7, 11) is 0. The van der Waals surface area contributed by atoms with Gasteiger partial charge in [0.25, 0.3) is 0 Å². The monoisotopic (exact) mass is 528 g/mol. The Labute approximate surface area is 226 Å². The van der Waals surface area contributed by atoms with Gasteiger partial charge < -0.3 is 4.74 Å². The average molecular weight is 529 g/mol. The fourth-order valence-corrected chi connectivity index (χ4v) is 5.31. The second-order valence-corrected chi connectivity index (χ2v) is 10.3. The van der Waals surface area contributed by atoms with Gasteiger partial charge in [-0.15, -0.1) is 0 Å². The van der Waals surface area contributed by atoms with Crippen LogP contribution in [0.25, 0.3) is 28.0 Å². The van der Waals surface area contributed by atoms with Crippen molar-refractivity contribution < 1.29 is 4.74 Å². The highest BCUT2D eigenvalue weighted by atomic mass is 35.5. The first-order chi connectivity index (χ1) is 18.0. The van der Waals surface area contributed by atoms with E-state index in [0.29, 0.717) is 15.9 Å². The van der Waals surface area contributed by atoms with Crippen molar-refractivity contribution in [2.75, 3.05) is 13.1 Å². The Bertz CT molecular complexity index is 1550. The van der Waals surface area contributed by atoms with E-state index in [1.54, 1.807) is 0 Å². The molecule has 3 aromatic carbocycles. The second-order valence-electron chi connectivity index (χ2n) is 9.43. The van der Waals surface area contributed by atoms with Crippen LogP contribution in [-0.4, -0.2) is 38.7 Å². The Balaban J connectivity index is 1.39. The highest BCUT2D eigenvalue weighted by molar-refractivity contribution is 6.33. The van der Waals surface area contributed by atoms with Crippen molar-refractivity contribution in [1.29, 1.82) is 0 Å². The molecule has 0 amide bonds. The van der Waals surface area contributed by atoms with E-state index in [9.17, 15) is 0 Å². The third-order valence-corrected chi connectivity index (χ3v) is 7.29. The van der Waals surface area contributed by atoms with Gasteiger partial charge in [-0.05, 0) is 42.7 Å². The van der Waals surface area contributed by atoms with Crippen LogP contribution >= 0.6 is 23.2 Å². The van der Waals surface area contributed by atoms with Crippen molar-refractivity contribution in [1.82, 2.24) is 19.5 Å². The SMILES string of the molecule is Cc1cc(OC2CCN(Cc3ccccc3)C2)n2nc(-c3ccccc3Cl)c(-c3ccc(Cl)cc3)c2n1. The fraction of sp³-hybridized carbons (Fsp3) is 0.200. The zero-order valence-corrected chi connectivity index (χ0v) is 22.0. The van der Waals surface area contributed by atoms with Crippen LogP contribution in [0.3, 0.4) is 0 Å². The smallest absolute Gasteiger partial charge is 0.218 e. The zero-order valence-electron chi connectivity index (χ0n) is 20.4. The number of ether oxygens (including phenoxy) is 1. The van der Waals surface area contributed by atoms with Gasteiger partial charge in [-0.2, -0.15) is 9.61 Å². The summed E-state index contributed by atoms with van der Waals surface area (Å²) in [4.78, 5) is 7.32. The number of hydrogen-bond donors (Lipinski definition) is 0. The predicted octanol–water partition coefficient (Wildman–Crippen LogP) is 7.33. The lowest BCUT2D eigenvalue weighted by Crippen LogP contribution is -2.25. The first-order valence-corrected chi connectivity index (χ1v) is 13.1. The molecule has 186 valence electrons. The summed E-state index contributed by atoms with van der Waals surface area (Å²) in [5.74, 6) is 0.683. The Morgan fingerprint density at radius 1 is 0.946 bits per heavy atom. The summed E-state index contributed by atoms with van der Waals surface area (Å²) < 4.78 is 8.41. The first kappa shape index (κ1) is 24.0. The minimum absolute atomic E-state index is 0.0701. The van der Waals surface area contributed by atoms with Gasteiger partial charge in [0, 0.05) is 42.0 Å². The van der Waals surface area contributed by atoms with E-state index in [0.717, 1.165) is 59.8 Å². The lowest BCUT2D eigenvalue weighted by atomic mass is 10.0. The maximum Gasteiger partial charge on any atom is 0.218 e. The third kappa shape index (κ3) is 4.95. The van der Waals surface area contributed by atoms with Gasteiger partial charge in [-0.25, -0.2) is 4.98 Å². The predicted molar refractivity (Wildman–Crippen MR) is 149 cm³/mol. The normalized spacial score (nSPS) is 15.9. The number of benzene rings is 3. The molecular formula is C30H26Cl2N4O. The number of halogens is 2. The van der Waals surface area contributed by atoms with Crippen molar-refractivity contribution in [3.05, 3.63) is 106 Å². The lowest BCUT2D eigenvalue weighted by molar-refractivity contribution is 0.186. The molecule has 0 spiro atoms. The Morgan fingerprint density at radius 2 is 1.70 bits per heavy atom. The molecule has 3 heterocycles. The van der Waals surface area contributed by atoms with Crippen LogP contribution in [0.2, 0.25) is 10.0 Å². The fourth-order valence-electron chi connectivity index (χ4n) is 4.96. The molecule has 0 bridgehead atoms. The van der Waals surface area contributed by atoms with Crippen LogP contribution in [0, 0.1) is 6.92 Å². The summed E-state index contributed by atoms with van der Waals surface area (Å²) >= 11 is 12.8. The number of nitrogens with zero attached hydrogens (tertiary/aromatic N) is 4. The van der Waals surface area contributed by atoms with Gasteiger partial charge in [0.05, 0.1) is 10.6 Å². The van der Waals surface area contributed by atoms with E-state index in [2.05, 4.69) is 35.2 Å². The van der Waals surface area contributed by atoms with Crippen molar-refractivity contribution in [2.45, 2.75) is 26.0 Å². The van der Waals surface area contributed by atoms with Crippen LogP contribution < -0.4 is 4.74 Å². The molecule has 0 aliphatic carbocycles. The molecule has 37 heavy (non-hydrogen) atoms. The van der Waals surface area contributed by atoms with Crippen LogP contribution in [0.1, 0.15) is 17.7 Å². The van der Waals surface area contributed by atoms with E-state index in [1.807, 2.05) is 66.0 Å². The molecule has 5 nitrogen and oxygen atoms in total. The molecule has 1 aliphatic heterocycles. The van der Waals surface area contributed by atoms with Gasteiger partial charge in [0.1, 0.15) is 11.8 Å². The van der Waals surface area contributed by atoms with Crippen molar-refractivity contribution >= 4 is 28.8 Å². The molecule has 1 atom stereocenters. The maximum atomic E-state index is 6.63. The average Bonchev–Trinajstić information content (AvgIpc) is 3.50. The van der Waals surface area contributed by atoms with Gasteiger partial charge in [-0.1, -0.05) is 83.9 Å². The molecule has 1 fully saturated rings. The summed E-state index contributed by atoms with van der Waals surface area (Å²) in [6, 6.07) is 28.0. The molecule has 6 rings (SSSR count). The second kappa shape index (κ2) is 10.2. The Kier molecular flexibility index (Phi) is 6.59. The molecule has 2 aromatic heterocycles. The summed E-state index contributed by atoms with van der Waals surface area (Å²) in [6.07, 6.45) is 1.03. The molecule has 5 aromatic rings. The number of aryl methyl sites for hydroxylation is 1. The van der Waals surface area contributed by atoms with Crippen molar-refractivity contribution in [3.63, 3.8) is 0 Å². The zero-order chi connectivity index (χ0) is 25.4. The van der Waals surface area contributed by atoms with Crippen LogP contribution in [0.15, 0.2) is 84.9 Å². The summed E-state index contributed by atoms with van der Waals surface area (Å²) in [6.45, 7) is 4.76. The molecule has 7 heteroatoms. The quantitative estimate of drug-likeness (QED) is 0.231. The molecule has 1 unspecified atom stereocenters.